The lowest BCUT2D eigenvalue weighted by molar-refractivity contribution is 0.628. The van der Waals surface area contributed by atoms with E-state index in [1.807, 2.05) is 6.92 Å². The third-order valence-corrected chi connectivity index (χ3v) is 3.40. The molecule has 1 heterocycles. The largest absolute Gasteiger partial charge is 0.326 e. The van der Waals surface area contributed by atoms with Crippen LogP contribution >= 0.6 is 11.3 Å². The second kappa shape index (κ2) is 4.08. The van der Waals surface area contributed by atoms with Crippen LogP contribution in [0.1, 0.15) is 10.6 Å². The number of hydrogen-bond donors (Lipinski definition) is 1. The van der Waals surface area contributed by atoms with Crippen molar-refractivity contribution in [2.75, 3.05) is 0 Å². The van der Waals surface area contributed by atoms with Gasteiger partial charge in [-0.1, -0.05) is 0 Å². The molecule has 78 valence electrons. The van der Waals surface area contributed by atoms with Crippen LogP contribution in [0.3, 0.4) is 0 Å². The van der Waals surface area contributed by atoms with Gasteiger partial charge in [0, 0.05) is 17.0 Å². The number of nitrogens with zero attached hydrogens (tertiary/aromatic N) is 1. The third-order valence-electron chi connectivity index (χ3n) is 2.17. The number of hydrogen-bond acceptors (Lipinski definition) is 3. The van der Waals surface area contributed by atoms with Crippen LogP contribution in [-0.4, -0.2) is 4.98 Å². The first kappa shape index (κ1) is 10.3. The van der Waals surface area contributed by atoms with Crippen LogP contribution in [0.15, 0.2) is 24.3 Å². The van der Waals surface area contributed by atoms with Gasteiger partial charge in [-0.25, -0.2) is 9.37 Å². The molecule has 0 aliphatic carbocycles. The van der Waals surface area contributed by atoms with Crippen LogP contribution in [0, 0.1) is 12.7 Å². The Kier molecular flexibility index (Phi) is 2.79. The lowest BCUT2D eigenvalue weighted by Gasteiger charge is -1.94. The average molecular weight is 222 g/mol. The van der Waals surface area contributed by atoms with Gasteiger partial charge in [-0.2, -0.15) is 0 Å². The van der Waals surface area contributed by atoms with Gasteiger partial charge in [0.15, 0.2) is 0 Å². The topological polar surface area (TPSA) is 38.9 Å². The Bertz CT molecular complexity index is 462. The first-order valence-electron chi connectivity index (χ1n) is 4.63. The van der Waals surface area contributed by atoms with Crippen LogP contribution in [0.2, 0.25) is 0 Å². The fraction of sp³-hybridized carbons (Fsp3) is 0.182. The van der Waals surface area contributed by atoms with Gasteiger partial charge in [0.1, 0.15) is 10.8 Å². The molecule has 0 amide bonds. The normalized spacial score (nSPS) is 10.6. The summed E-state index contributed by atoms with van der Waals surface area (Å²) in [7, 11) is 0. The molecule has 0 saturated carbocycles. The van der Waals surface area contributed by atoms with E-state index in [0.29, 0.717) is 6.54 Å². The zero-order chi connectivity index (χ0) is 10.8. The Labute approximate surface area is 91.6 Å². The van der Waals surface area contributed by atoms with Crippen molar-refractivity contribution in [3.63, 3.8) is 0 Å². The van der Waals surface area contributed by atoms with Crippen molar-refractivity contribution >= 4 is 11.3 Å². The minimum Gasteiger partial charge on any atom is -0.326 e. The predicted octanol–water partition coefficient (Wildman–Crippen LogP) is 2.72. The molecule has 0 saturated heterocycles. The van der Waals surface area contributed by atoms with Crippen molar-refractivity contribution < 1.29 is 4.39 Å². The fourth-order valence-corrected chi connectivity index (χ4v) is 2.28. The number of aryl methyl sites for hydroxylation is 1. The van der Waals surface area contributed by atoms with Crippen molar-refractivity contribution in [3.05, 3.63) is 40.7 Å². The van der Waals surface area contributed by atoms with Crippen molar-refractivity contribution in [1.29, 1.82) is 0 Å². The molecule has 0 aliphatic rings. The van der Waals surface area contributed by atoms with E-state index in [-0.39, 0.29) is 5.82 Å². The molecule has 0 fully saturated rings. The lowest BCUT2D eigenvalue weighted by Crippen LogP contribution is -1.94. The monoisotopic (exact) mass is 222 g/mol. The quantitative estimate of drug-likeness (QED) is 0.848. The molecule has 0 atom stereocenters. The summed E-state index contributed by atoms with van der Waals surface area (Å²) in [6.45, 7) is 2.44. The summed E-state index contributed by atoms with van der Waals surface area (Å²) in [5.74, 6) is -0.230. The van der Waals surface area contributed by atoms with Crippen molar-refractivity contribution in [2.45, 2.75) is 13.5 Å². The number of aromatic nitrogens is 1. The Morgan fingerprint density at radius 2 is 2.00 bits per heavy atom. The van der Waals surface area contributed by atoms with Gasteiger partial charge in [0.2, 0.25) is 0 Å². The maximum Gasteiger partial charge on any atom is 0.123 e. The number of rotatable bonds is 2. The van der Waals surface area contributed by atoms with Gasteiger partial charge in [-0.05, 0) is 31.2 Å². The van der Waals surface area contributed by atoms with E-state index >= 15 is 0 Å². The van der Waals surface area contributed by atoms with Crippen molar-refractivity contribution in [1.82, 2.24) is 4.98 Å². The van der Waals surface area contributed by atoms with E-state index in [9.17, 15) is 4.39 Å². The first-order chi connectivity index (χ1) is 7.20. The summed E-state index contributed by atoms with van der Waals surface area (Å²) in [6.07, 6.45) is 0. The minimum absolute atomic E-state index is 0.230. The highest BCUT2D eigenvalue weighted by Crippen LogP contribution is 2.27. The SMILES string of the molecule is Cc1nc(-c2ccc(F)cc2)sc1CN. The maximum absolute atomic E-state index is 12.7. The molecular weight excluding hydrogens is 211 g/mol. The molecule has 1 aromatic carbocycles. The molecule has 1 aromatic heterocycles. The van der Waals surface area contributed by atoms with Crippen LogP contribution < -0.4 is 5.73 Å². The Hall–Kier alpha value is -1.26. The van der Waals surface area contributed by atoms with E-state index in [2.05, 4.69) is 4.98 Å². The van der Waals surface area contributed by atoms with Gasteiger partial charge in [0.25, 0.3) is 0 Å². The van der Waals surface area contributed by atoms with Crippen molar-refractivity contribution in [3.8, 4) is 10.6 Å². The van der Waals surface area contributed by atoms with Gasteiger partial charge in [-0.15, -0.1) is 11.3 Å². The Morgan fingerprint density at radius 3 is 2.53 bits per heavy atom. The second-order valence-electron chi connectivity index (χ2n) is 3.24. The summed E-state index contributed by atoms with van der Waals surface area (Å²) >= 11 is 1.56. The first-order valence-corrected chi connectivity index (χ1v) is 5.44. The van der Waals surface area contributed by atoms with Gasteiger partial charge >= 0.3 is 0 Å². The fourth-order valence-electron chi connectivity index (χ4n) is 1.33. The van der Waals surface area contributed by atoms with Gasteiger partial charge < -0.3 is 5.73 Å². The second-order valence-corrected chi connectivity index (χ2v) is 4.32. The smallest absolute Gasteiger partial charge is 0.123 e. The molecule has 0 unspecified atom stereocenters. The van der Waals surface area contributed by atoms with E-state index in [1.54, 1.807) is 23.5 Å². The molecule has 15 heavy (non-hydrogen) atoms. The molecule has 2 aromatic rings. The molecule has 0 bridgehead atoms. The lowest BCUT2D eigenvalue weighted by atomic mass is 10.2. The van der Waals surface area contributed by atoms with Crippen LogP contribution in [0.25, 0.3) is 10.6 Å². The highest BCUT2D eigenvalue weighted by molar-refractivity contribution is 7.15. The maximum atomic E-state index is 12.7. The van der Waals surface area contributed by atoms with E-state index in [4.69, 9.17) is 5.73 Å². The molecule has 0 radical (unpaired) electrons. The molecular formula is C11H11FN2S. The van der Waals surface area contributed by atoms with Crippen LogP contribution in [0.5, 0.6) is 0 Å². The summed E-state index contributed by atoms with van der Waals surface area (Å²) in [5.41, 5.74) is 7.47. The summed E-state index contributed by atoms with van der Waals surface area (Å²) in [6, 6.07) is 6.34. The number of benzene rings is 1. The molecule has 4 heteroatoms. The van der Waals surface area contributed by atoms with E-state index < -0.39 is 0 Å². The van der Waals surface area contributed by atoms with Crippen LogP contribution in [0.4, 0.5) is 4.39 Å². The van der Waals surface area contributed by atoms with Gasteiger partial charge in [0.05, 0.1) is 5.69 Å². The van der Waals surface area contributed by atoms with Crippen LogP contribution in [-0.2, 0) is 6.54 Å². The molecule has 2 N–H and O–H groups in total. The Balaban J connectivity index is 2.41. The highest BCUT2D eigenvalue weighted by Gasteiger charge is 2.07. The Morgan fingerprint density at radius 1 is 1.33 bits per heavy atom. The van der Waals surface area contributed by atoms with E-state index in [1.165, 1.54) is 12.1 Å². The average Bonchev–Trinajstić information content (AvgIpc) is 2.61. The zero-order valence-electron chi connectivity index (χ0n) is 8.33. The van der Waals surface area contributed by atoms with E-state index in [0.717, 1.165) is 21.1 Å². The summed E-state index contributed by atoms with van der Waals surface area (Å²) < 4.78 is 12.7. The third kappa shape index (κ3) is 2.06. The summed E-state index contributed by atoms with van der Waals surface area (Å²) in [5, 5.41) is 0.896. The van der Waals surface area contributed by atoms with Crippen molar-refractivity contribution in [2.24, 2.45) is 5.73 Å². The molecule has 0 spiro atoms. The molecule has 2 nitrogen and oxygen atoms in total. The number of thiazole rings is 1. The molecule has 2 rings (SSSR count). The predicted molar refractivity (Wildman–Crippen MR) is 60.1 cm³/mol. The number of nitrogens with two attached hydrogens (primary N) is 1. The minimum atomic E-state index is -0.230. The standard InChI is InChI=1S/C11H11FN2S/c1-7-10(6-13)15-11(14-7)8-2-4-9(12)5-3-8/h2-5H,6,13H2,1H3. The summed E-state index contributed by atoms with van der Waals surface area (Å²) in [4.78, 5) is 5.48. The highest BCUT2D eigenvalue weighted by atomic mass is 32.1. The zero-order valence-corrected chi connectivity index (χ0v) is 9.14. The molecule has 0 aliphatic heterocycles. The van der Waals surface area contributed by atoms with Gasteiger partial charge in [-0.3, -0.25) is 0 Å². The number of halogens is 1.